The molecule has 1 aromatic rings. The van der Waals surface area contributed by atoms with Crippen LogP contribution < -0.4 is 5.32 Å². The molecule has 0 spiro atoms. The van der Waals surface area contributed by atoms with E-state index in [0.717, 1.165) is 5.69 Å². The second kappa shape index (κ2) is 6.33. The monoisotopic (exact) mass is 249 g/mol. The number of aromatic nitrogens is 2. The van der Waals surface area contributed by atoms with Crippen LogP contribution in [0.2, 0.25) is 0 Å². The summed E-state index contributed by atoms with van der Waals surface area (Å²) in [5.74, 6) is 0.393. The van der Waals surface area contributed by atoms with Gasteiger partial charge in [0.2, 0.25) is 0 Å². The Bertz CT molecular complexity index is 386. The Balaban J connectivity index is 1.86. The van der Waals surface area contributed by atoms with Crippen molar-refractivity contribution in [3.05, 3.63) is 17.8 Å². The van der Waals surface area contributed by atoms with Crippen LogP contribution in [0, 0.1) is 0 Å². The highest BCUT2D eigenvalue weighted by atomic mass is 16.4. The number of anilines is 1. The smallest absolute Gasteiger partial charge is 0.305 e. The number of nitrogens with zero attached hydrogens (tertiary/aromatic N) is 2. The van der Waals surface area contributed by atoms with Crippen molar-refractivity contribution in [2.75, 3.05) is 11.9 Å². The lowest BCUT2D eigenvalue weighted by Crippen LogP contribution is -2.11. The quantitative estimate of drug-likeness (QED) is 0.838. The van der Waals surface area contributed by atoms with Crippen molar-refractivity contribution in [2.45, 2.75) is 44.4 Å². The van der Waals surface area contributed by atoms with Gasteiger partial charge in [-0.15, -0.1) is 5.10 Å². The van der Waals surface area contributed by atoms with E-state index in [0.29, 0.717) is 18.3 Å². The fourth-order valence-corrected chi connectivity index (χ4v) is 2.35. The Morgan fingerprint density at radius 3 is 2.67 bits per heavy atom. The molecule has 98 valence electrons. The van der Waals surface area contributed by atoms with Crippen molar-refractivity contribution in [2.24, 2.45) is 0 Å². The lowest BCUT2D eigenvalue weighted by atomic mass is 9.87. The van der Waals surface area contributed by atoms with Crippen LogP contribution in [0.15, 0.2) is 12.1 Å². The van der Waals surface area contributed by atoms with Crippen LogP contribution in [0.5, 0.6) is 0 Å². The van der Waals surface area contributed by atoms with Gasteiger partial charge in [-0.1, -0.05) is 19.3 Å². The molecule has 1 heterocycles. The minimum absolute atomic E-state index is 0.0893. The SMILES string of the molecule is O=C(O)CCNc1ccc(C2CCCCC2)nn1. The normalized spacial score (nSPS) is 16.4. The molecule has 1 aromatic heterocycles. The molecule has 18 heavy (non-hydrogen) atoms. The molecular weight excluding hydrogens is 230 g/mol. The third-order valence-electron chi connectivity index (χ3n) is 3.35. The third-order valence-corrected chi connectivity index (χ3v) is 3.35. The van der Waals surface area contributed by atoms with Gasteiger partial charge < -0.3 is 10.4 Å². The zero-order valence-electron chi connectivity index (χ0n) is 10.4. The van der Waals surface area contributed by atoms with Crippen LogP contribution in [0.4, 0.5) is 5.82 Å². The highest BCUT2D eigenvalue weighted by Crippen LogP contribution is 2.31. The van der Waals surface area contributed by atoms with Crippen LogP contribution in [0.25, 0.3) is 0 Å². The van der Waals surface area contributed by atoms with E-state index >= 15 is 0 Å². The van der Waals surface area contributed by atoms with Crippen LogP contribution in [-0.2, 0) is 4.79 Å². The number of aliphatic carboxylic acids is 1. The number of nitrogens with one attached hydrogen (secondary N) is 1. The van der Waals surface area contributed by atoms with E-state index in [9.17, 15) is 4.79 Å². The summed E-state index contributed by atoms with van der Waals surface area (Å²) in [4.78, 5) is 10.4. The molecule has 0 radical (unpaired) electrons. The first-order valence-corrected chi connectivity index (χ1v) is 6.55. The van der Waals surface area contributed by atoms with Crippen molar-refractivity contribution in [1.29, 1.82) is 0 Å². The molecule has 0 unspecified atom stereocenters. The van der Waals surface area contributed by atoms with E-state index < -0.39 is 5.97 Å². The molecule has 0 aliphatic heterocycles. The minimum atomic E-state index is -0.811. The third kappa shape index (κ3) is 3.68. The summed E-state index contributed by atoms with van der Waals surface area (Å²) >= 11 is 0. The van der Waals surface area contributed by atoms with Gasteiger partial charge in [0.15, 0.2) is 0 Å². The Kier molecular flexibility index (Phi) is 4.50. The van der Waals surface area contributed by atoms with Gasteiger partial charge in [-0.3, -0.25) is 4.79 Å². The zero-order valence-corrected chi connectivity index (χ0v) is 10.4. The largest absolute Gasteiger partial charge is 0.481 e. The van der Waals surface area contributed by atoms with Crippen molar-refractivity contribution in [3.63, 3.8) is 0 Å². The summed E-state index contributed by atoms with van der Waals surface area (Å²) in [5, 5.41) is 19.8. The van der Waals surface area contributed by atoms with Gasteiger partial charge in [-0.25, -0.2) is 0 Å². The first kappa shape index (κ1) is 12.8. The molecule has 1 aliphatic carbocycles. The molecule has 2 rings (SSSR count). The lowest BCUT2D eigenvalue weighted by molar-refractivity contribution is -0.136. The summed E-state index contributed by atoms with van der Waals surface area (Å²) in [5.41, 5.74) is 1.07. The highest BCUT2D eigenvalue weighted by Gasteiger charge is 2.16. The highest BCUT2D eigenvalue weighted by molar-refractivity contribution is 5.67. The second-order valence-corrected chi connectivity index (χ2v) is 4.75. The molecule has 1 saturated carbocycles. The number of carbonyl (C=O) groups is 1. The molecule has 5 heteroatoms. The maximum Gasteiger partial charge on any atom is 0.305 e. The number of carboxylic acid groups (broad SMARTS) is 1. The average Bonchev–Trinajstić information content (AvgIpc) is 2.40. The van der Waals surface area contributed by atoms with E-state index in [-0.39, 0.29) is 6.42 Å². The topological polar surface area (TPSA) is 75.1 Å². The second-order valence-electron chi connectivity index (χ2n) is 4.75. The minimum Gasteiger partial charge on any atom is -0.481 e. The van der Waals surface area contributed by atoms with Crippen LogP contribution in [0.1, 0.15) is 50.1 Å². The summed E-state index contributed by atoms with van der Waals surface area (Å²) in [7, 11) is 0. The van der Waals surface area contributed by atoms with Gasteiger partial charge in [-0.05, 0) is 25.0 Å². The number of rotatable bonds is 5. The van der Waals surface area contributed by atoms with Gasteiger partial charge >= 0.3 is 5.97 Å². The number of carboxylic acids is 1. The molecule has 5 nitrogen and oxygen atoms in total. The molecule has 0 bridgehead atoms. The van der Waals surface area contributed by atoms with Gasteiger partial charge in [0.05, 0.1) is 12.1 Å². The number of hydrogen-bond acceptors (Lipinski definition) is 4. The van der Waals surface area contributed by atoms with Crippen molar-refractivity contribution in [3.8, 4) is 0 Å². The maximum absolute atomic E-state index is 10.4. The molecule has 0 aromatic carbocycles. The van der Waals surface area contributed by atoms with Crippen LogP contribution in [0.3, 0.4) is 0 Å². The lowest BCUT2D eigenvalue weighted by Gasteiger charge is -2.20. The molecule has 2 N–H and O–H groups in total. The van der Waals surface area contributed by atoms with Crippen molar-refractivity contribution >= 4 is 11.8 Å². The fraction of sp³-hybridized carbons (Fsp3) is 0.615. The van der Waals surface area contributed by atoms with Gasteiger partial charge in [-0.2, -0.15) is 5.10 Å². The van der Waals surface area contributed by atoms with Gasteiger partial charge in [0.1, 0.15) is 5.82 Å². The number of hydrogen-bond donors (Lipinski definition) is 2. The zero-order chi connectivity index (χ0) is 12.8. The van der Waals surface area contributed by atoms with E-state index in [4.69, 9.17) is 5.11 Å². The van der Waals surface area contributed by atoms with Crippen molar-refractivity contribution in [1.82, 2.24) is 10.2 Å². The summed E-state index contributed by atoms with van der Waals surface area (Å²) in [6.07, 6.45) is 6.40. The molecular formula is C13H19N3O2. The molecule has 1 aliphatic rings. The molecule has 0 amide bonds. The predicted octanol–water partition coefficient (Wildman–Crippen LogP) is 2.41. The molecule has 0 saturated heterocycles. The summed E-state index contributed by atoms with van der Waals surface area (Å²) in [6, 6.07) is 3.89. The van der Waals surface area contributed by atoms with Gasteiger partial charge in [0, 0.05) is 12.5 Å². The molecule has 0 atom stereocenters. The maximum atomic E-state index is 10.4. The van der Waals surface area contributed by atoms with Crippen LogP contribution in [-0.4, -0.2) is 27.8 Å². The predicted molar refractivity (Wildman–Crippen MR) is 68.6 cm³/mol. The van der Waals surface area contributed by atoms with Crippen molar-refractivity contribution < 1.29 is 9.90 Å². The Labute approximate surface area is 107 Å². The fourth-order valence-electron chi connectivity index (χ4n) is 2.35. The Morgan fingerprint density at radius 1 is 1.28 bits per heavy atom. The molecule has 1 fully saturated rings. The van der Waals surface area contributed by atoms with E-state index in [1.165, 1.54) is 32.1 Å². The first-order chi connectivity index (χ1) is 8.75. The van der Waals surface area contributed by atoms with E-state index in [1.54, 1.807) is 0 Å². The Hall–Kier alpha value is -1.65. The standard InChI is InChI=1S/C13H19N3O2/c17-13(18)8-9-14-12-7-6-11(15-16-12)10-4-2-1-3-5-10/h6-7,10H,1-5,8-9H2,(H,14,16)(H,17,18). The van der Waals surface area contributed by atoms with Crippen LogP contribution >= 0.6 is 0 Å². The van der Waals surface area contributed by atoms with E-state index in [2.05, 4.69) is 15.5 Å². The average molecular weight is 249 g/mol. The van der Waals surface area contributed by atoms with Gasteiger partial charge in [0.25, 0.3) is 0 Å². The van der Waals surface area contributed by atoms with E-state index in [1.807, 2.05) is 12.1 Å². The summed E-state index contributed by atoms with van der Waals surface area (Å²) in [6.45, 7) is 0.382. The Morgan fingerprint density at radius 2 is 2.06 bits per heavy atom. The first-order valence-electron chi connectivity index (χ1n) is 6.55. The summed E-state index contributed by atoms with van der Waals surface area (Å²) < 4.78 is 0.